The number of aromatic amines is 1. The van der Waals surface area contributed by atoms with Gasteiger partial charge in [-0.1, -0.05) is 13.0 Å². The first kappa shape index (κ1) is 21.9. The zero-order valence-electron chi connectivity index (χ0n) is 18.4. The number of hydrogen-bond acceptors (Lipinski definition) is 7. The molecule has 1 aromatic carbocycles. The summed E-state index contributed by atoms with van der Waals surface area (Å²) in [5.41, 5.74) is 3.31. The van der Waals surface area contributed by atoms with Crippen LogP contribution in [0.5, 0.6) is 11.5 Å². The van der Waals surface area contributed by atoms with Crippen LogP contribution in [0.15, 0.2) is 66.0 Å². The lowest BCUT2D eigenvalue weighted by Crippen LogP contribution is -2.23. The third-order valence-corrected chi connectivity index (χ3v) is 7.22. The van der Waals surface area contributed by atoms with Gasteiger partial charge in [0.15, 0.2) is 14.9 Å². The topological polar surface area (TPSA) is 114 Å². The predicted octanol–water partition coefficient (Wildman–Crippen LogP) is 4.16. The minimum absolute atomic E-state index is 0.00322. The molecule has 5 rings (SSSR count). The first-order valence-electron chi connectivity index (χ1n) is 10.8. The SMILES string of the molecule is CCS(=O)(=O)c1ccc(Oc2cc3cc(-c4ccccn4)[nH]c3cc2CN2CCOC2=O)cn1. The molecule has 0 unspecified atom stereocenters. The standard InChI is InChI=1S/C24H22N4O5S/c1-2-34(30,31)23-7-6-18(14-26-23)33-22-13-16-11-21(19-5-3-4-8-25-19)27-20(16)12-17(22)15-28-9-10-32-24(28)29/h3-8,11-14,27H,2,9-10,15H2,1H3. The van der Waals surface area contributed by atoms with Gasteiger partial charge in [0.05, 0.1) is 36.4 Å². The van der Waals surface area contributed by atoms with Gasteiger partial charge < -0.3 is 19.4 Å². The van der Waals surface area contributed by atoms with Crippen molar-refractivity contribution in [3.05, 3.63) is 66.5 Å². The maximum absolute atomic E-state index is 12.1. The van der Waals surface area contributed by atoms with Crippen molar-refractivity contribution in [1.82, 2.24) is 19.9 Å². The van der Waals surface area contributed by atoms with Crippen LogP contribution in [-0.2, 0) is 21.1 Å². The van der Waals surface area contributed by atoms with E-state index in [1.54, 1.807) is 24.1 Å². The van der Waals surface area contributed by atoms with Crippen LogP contribution >= 0.6 is 0 Å². The van der Waals surface area contributed by atoms with Crippen LogP contribution in [0.3, 0.4) is 0 Å². The van der Waals surface area contributed by atoms with E-state index in [1.165, 1.54) is 12.3 Å². The number of H-pyrrole nitrogens is 1. The minimum atomic E-state index is -3.41. The van der Waals surface area contributed by atoms with Crippen LogP contribution in [0.2, 0.25) is 0 Å². The molecule has 1 N–H and O–H groups in total. The lowest BCUT2D eigenvalue weighted by molar-refractivity contribution is 0.157. The highest BCUT2D eigenvalue weighted by atomic mass is 32.2. The van der Waals surface area contributed by atoms with E-state index in [0.29, 0.717) is 31.2 Å². The number of pyridine rings is 2. The largest absolute Gasteiger partial charge is 0.455 e. The summed E-state index contributed by atoms with van der Waals surface area (Å²) < 4.78 is 35.3. The number of amides is 1. The number of carbonyl (C=O) groups is 1. The third kappa shape index (κ3) is 4.32. The Balaban J connectivity index is 1.52. The highest BCUT2D eigenvalue weighted by Crippen LogP contribution is 2.33. The van der Waals surface area contributed by atoms with E-state index in [4.69, 9.17) is 9.47 Å². The van der Waals surface area contributed by atoms with Gasteiger partial charge in [-0.05, 0) is 42.5 Å². The summed E-state index contributed by atoms with van der Waals surface area (Å²) in [6.45, 7) is 2.71. The molecule has 0 radical (unpaired) electrons. The number of hydrogen-bond donors (Lipinski definition) is 1. The Morgan fingerprint density at radius 2 is 2.03 bits per heavy atom. The van der Waals surface area contributed by atoms with Gasteiger partial charge in [-0.2, -0.15) is 0 Å². The molecule has 0 bridgehead atoms. The summed E-state index contributed by atoms with van der Waals surface area (Å²) in [6, 6.07) is 14.5. The van der Waals surface area contributed by atoms with Gasteiger partial charge in [-0.3, -0.25) is 4.98 Å². The second-order valence-electron chi connectivity index (χ2n) is 7.82. The van der Waals surface area contributed by atoms with Crippen molar-refractivity contribution in [3.8, 4) is 22.9 Å². The Kier molecular flexibility index (Phi) is 5.66. The summed E-state index contributed by atoms with van der Waals surface area (Å²) in [5, 5.41) is 0.907. The normalized spacial score (nSPS) is 13.9. The lowest BCUT2D eigenvalue weighted by atomic mass is 10.1. The van der Waals surface area contributed by atoms with Gasteiger partial charge >= 0.3 is 6.09 Å². The van der Waals surface area contributed by atoms with Crippen LogP contribution in [-0.4, -0.2) is 53.3 Å². The zero-order valence-corrected chi connectivity index (χ0v) is 19.2. The van der Waals surface area contributed by atoms with E-state index in [0.717, 1.165) is 27.9 Å². The van der Waals surface area contributed by atoms with Crippen molar-refractivity contribution in [2.24, 2.45) is 0 Å². The van der Waals surface area contributed by atoms with Gasteiger partial charge in [0.1, 0.15) is 18.1 Å². The molecule has 1 amide bonds. The molecule has 34 heavy (non-hydrogen) atoms. The number of carbonyl (C=O) groups excluding carboxylic acids is 1. The number of aromatic nitrogens is 3. The molecule has 4 aromatic rings. The number of rotatable bonds is 7. The molecule has 0 saturated carbocycles. The molecular formula is C24H22N4O5S. The number of nitrogens with zero attached hydrogens (tertiary/aromatic N) is 3. The molecule has 10 heteroatoms. The Labute approximate surface area is 196 Å². The maximum atomic E-state index is 12.1. The Bertz CT molecular complexity index is 1450. The Hall–Kier alpha value is -3.92. The monoisotopic (exact) mass is 478 g/mol. The molecule has 3 aromatic heterocycles. The lowest BCUT2D eigenvalue weighted by Gasteiger charge is -2.16. The van der Waals surface area contributed by atoms with Crippen LogP contribution < -0.4 is 4.74 Å². The molecular weight excluding hydrogens is 456 g/mol. The van der Waals surface area contributed by atoms with Crippen LogP contribution in [0.1, 0.15) is 12.5 Å². The average molecular weight is 479 g/mol. The van der Waals surface area contributed by atoms with Crippen molar-refractivity contribution in [1.29, 1.82) is 0 Å². The predicted molar refractivity (Wildman–Crippen MR) is 125 cm³/mol. The Morgan fingerprint density at radius 1 is 1.15 bits per heavy atom. The van der Waals surface area contributed by atoms with E-state index in [2.05, 4.69) is 15.0 Å². The van der Waals surface area contributed by atoms with E-state index < -0.39 is 9.84 Å². The molecule has 0 spiro atoms. The maximum Gasteiger partial charge on any atom is 0.410 e. The van der Waals surface area contributed by atoms with Crippen molar-refractivity contribution < 1.29 is 22.7 Å². The molecule has 9 nitrogen and oxygen atoms in total. The average Bonchev–Trinajstić information content (AvgIpc) is 3.45. The smallest absolute Gasteiger partial charge is 0.410 e. The van der Waals surface area contributed by atoms with Crippen LogP contribution in [0.4, 0.5) is 4.79 Å². The van der Waals surface area contributed by atoms with E-state index in [-0.39, 0.29) is 16.9 Å². The first-order chi connectivity index (χ1) is 16.4. The van der Waals surface area contributed by atoms with Crippen molar-refractivity contribution in [2.75, 3.05) is 18.9 Å². The van der Waals surface area contributed by atoms with Crippen molar-refractivity contribution in [3.63, 3.8) is 0 Å². The molecule has 0 aliphatic carbocycles. The molecule has 1 aliphatic heterocycles. The van der Waals surface area contributed by atoms with Gasteiger partial charge in [-0.15, -0.1) is 0 Å². The Morgan fingerprint density at radius 3 is 2.71 bits per heavy atom. The molecule has 174 valence electrons. The quantitative estimate of drug-likeness (QED) is 0.424. The van der Waals surface area contributed by atoms with Gasteiger partial charge in [0.25, 0.3) is 0 Å². The van der Waals surface area contributed by atoms with Crippen molar-refractivity contribution >= 4 is 26.8 Å². The van der Waals surface area contributed by atoms with E-state index in [1.807, 2.05) is 36.4 Å². The molecule has 4 heterocycles. The fraction of sp³-hybridized carbons (Fsp3) is 0.208. The minimum Gasteiger partial charge on any atom is -0.455 e. The van der Waals surface area contributed by atoms with Gasteiger partial charge in [-0.25, -0.2) is 18.2 Å². The third-order valence-electron chi connectivity index (χ3n) is 5.58. The fourth-order valence-electron chi connectivity index (χ4n) is 3.74. The molecule has 1 fully saturated rings. The highest BCUT2D eigenvalue weighted by molar-refractivity contribution is 7.91. The summed E-state index contributed by atoms with van der Waals surface area (Å²) in [7, 11) is -3.41. The fourth-order valence-corrected chi connectivity index (χ4v) is 4.53. The first-order valence-corrected chi connectivity index (χ1v) is 12.4. The van der Waals surface area contributed by atoms with Crippen LogP contribution in [0.25, 0.3) is 22.3 Å². The van der Waals surface area contributed by atoms with Crippen molar-refractivity contribution in [2.45, 2.75) is 18.5 Å². The number of fused-ring (bicyclic) bond motifs is 1. The van der Waals surface area contributed by atoms with Gasteiger partial charge in [0.2, 0.25) is 0 Å². The summed E-state index contributed by atoms with van der Waals surface area (Å²) >= 11 is 0. The second kappa shape index (κ2) is 8.79. The summed E-state index contributed by atoms with van der Waals surface area (Å²) in [4.78, 5) is 25.5. The number of cyclic esters (lactones) is 1. The highest BCUT2D eigenvalue weighted by Gasteiger charge is 2.24. The molecule has 1 saturated heterocycles. The number of sulfone groups is 1. The van der Waals surface area contributed by atoms with Crippen LogP contribution in [0, 0.1) is 0 Å². The summed E-state index contributed by atoms with van der Waals surface area (Å²) in [6.07, 6.45) is 2.74. The summed E-state index contributed by atoms with van der Waals surface area (Å²) in [5.74, 6) is 0.894. The molecule has 0 atom stereocenters. The van der Waals surface area contributed by atoms with E-state index in [9.17, 15) is 13.2 Å². The zero-order chi connectivity index (χ0) is 23.7. The van der Waals surface area contributed by atoms with Gasteiger partial charge in [0, 0.05) is 22.7 Å². The van der Waals surface area contributed by atoms with E-state index >= 15 is 0 Å². The number of nitrogens with one attached hydrogen (secondary N) is 1. The molecule has 1 aliphatic rings. The second-order valence-corrected chi connectivity index (χ2v) is 10.0. The number of ether oxygens (including phenoxy) is 2. The number of benzene rings is 1.